The molecule has 0 saturated heterocycles. The average Bonchev–Trinajstić information content (AvgIpc) is 3.13. The quantitative estimate of drug-likeness (QED) is 0.681. The van der Waals surface area contributed by atoms with E-state index in [1.165, 1.54) is 36.1 Å². The Kier molecular flexibility index (Phi) is 2.98. The Bertz CT molecular complexity index is 887. The molecule has 0 spiro atoms. The molecule has 0 amide bonds. The Morgan fingerprint density at radius 3 is 2.83 bits per heavy atom. The van der Waals surface area contributed by atoms with Crippen molar-refractivity contribution in [2.24, 2.45) is 0 Å². The monoisotopic (exact) mass is 322 g/mol. The molecule has 2 aliphatic carbocycles. The molecule has 1 saturated carbocycles. The predicted octanol–water partition coefficient (Wildman–Crippen LogP) is 4.09. The smallest absolute Gasteiger partial charge is 0.216 e. The van der Waals surface area contributed by atoms with Crippen molar-refractivity contribution in [1.29, 1.82) is 0 Å². The molecule has 23 heavy (non-hydrogen) atoms. The number of aromatic nitrogens is 4. The lowest BCUT2D eigenvalue weighted by molar-refractivity contribution is 0.492. The zero-order valence-electron chi connectivity index (χ0n) is 13.1. The van der Waals surface area contributed by atoms with E-state index in [1.807, 2.05) is 10.6 Å². The fourth-order valence-corrected chi connectivity index (χ4v) is 4.94. The van der Waals surface area contributed by atoms with Gasteiger partial charge in [0.2, 0.25) is 5.16 Å². The van der Waals surface area contributed by atoms with Gasteiger partial charge >= 0.3 is 0 Å². The number of rotatable bonds is 3. The summed E-state index contributed by atoms with van der Waals surface area (Å²) in [5, 5.41) is 5.58. The zero-order chi connectivity index (χ0) is 15.4. The minimum absolute atomic E-state index is 0.683. The fourth-order valence-electron chi connectivity index (χ4n) is 4.16. The highest BCUT2D eigenvalue weighted by atomic mass is 32.2. The third-order valence-electron chi connectivity index (χ3n) is 5.18. The number of hydrogen-bond donors (Lipinski definition) is 0. The second-order valence-electron chi connectivity index (χ2n) is 6.52. The molecule has 5 rings (SSSR count). The Morgan fingerprint density at radius 2 is 1.96 bits per heavy atom. The standard InChI is InChI=1S/C18H18N4S/c1-11-15-13-8-5-9-14(13)16(15)22-17(19-11)20-18(21-22)23-10-12-6-3-2-4-7-12/h2-4,6-7,13-14H,5,8-10H2,1H3. The van der Waals surface area contributed by atoms with E-state index in [-0.39, 0.29) is 0 Å². The molecule has 2 unspecified atom stereocenters. The highest BCUT2D eigenvalue weighted by Crippen LogP contribution is 2.56. The zero-order valence-corrected chi connectivity index (χ0v) is 13.9. The van der Waals surface area contributed by atoms with Gasteiger partial charge < -0.3 is 0 Å². The normalized spacial score (nSPS) is 22.0. The maximum atomic E-state index is 4.75. The molecule has 0 aliphatic heterocycles. The van der Waals surface area contributed by atoms with Gasteiger partial charge in [-0.25, -0.2) is 4.98 Å². The topological polar surface area (TPSA) is 43.1 Å². The summed E-state index contributed by atoms with van der Waals surface area (Å²) in [7, 11) is 0. The maximum absolute atomic E-state index is 4.75. The second-order valence-corrected chi connectivity index (χ2v) is 7.46. The van der Waals surface area contributed by atoms with Crippen LogP contribution in [-0.2, 0) is 5.75 Å². The lowest BCUT2D eigenvalue weighted by atomic mass is 9.72. The molecule has 1 aromatic carbocycles. The molecular formula is C18H18N4S. The summed E-state index contributed by atoms with van der Waals surface area (Å²) in [6.07, 6.45) is 3.94. The highest BCUT2D eigenvalue weighted by molar-refractivity contribution is 7.98. The fraction of sp³-hybridized carbons (Fsp3) is 0.389. The van der Waals surface area contributed by atoms with Crippen LogP contribution >= 0.6 is 11.8 Å². The predicted molar refractivity (Wildman–Crippen MR) is 90.9 cm³/mol. The number of aryl methyl sites for hydroxylation is 1. The molecule has 3 aromatic rings. The van der Waals surface area contributed by atoms with E-state index in [0.29, 0.717) is 5.92 Å². The van der Waals surface area contributed by atoms with Crippen LogP contribution in [0.1, 0.15) is 53.6 Å². The molecule has 4 nitrogen and oxygen atoms in total. The lowest BCUT2D eigenvalue weighted by Crippen LogP contribution is -2.26. The first-order chi connectivity index (χ1) is 11.3. The number of nitrogens with zero attached hydrogens (tertiary/aromatic N) is 4. The van der Waals surface area contributed by atoms with Crippen LogP contribution in [0.25, 0.3) is 5.78 Å². The van der Waals surface area contributed by atoms with Crippen LogP contribution in [0.3, 0.4) is 0 Å². The van der Waals surface area contributed by atoms with Gasteiger partial charge in [-0.15, -0.1) is 5.10 Å². The van der Waals surface area contributed by atoms with E-state index in [0.717, 1.165) is 28.3 Å². The summed E-state index contributed by atoms with van der Waals surface area (Å²) in [5.41, 5.74) is 5.28. The van der Waals surface area contributed by atoms with Gasteiger partial charge in [-0.3, -0.25) is 0 Å². The molecule has 1 fully saturated rings. The summed E-state index contributed by atoms with van der Waals surface area (Å²) >= 11 is 1.69. The minimum atomic E-state index is 0.683. The SMILES string of the molecule is Cc1nc2nc(SCc3ccccc3)nn2c2c1C1CCCC21. The average molecular weight is 322 g/mol. The van der Waals surface area contributed by atoms with Crippen molar-refractivity contribution in [3.05, 3.63) is 52.8 Å². The van der Waals surface area contributed by atoms with Crippen molar-refractivity contribution in [2.45, 2.75) is 48.9 Å². The molecule has 0 bridgehead atoms. The molecular weight excluding hydrogens is 304 g/mol. The first kappa shape index (κ1) is 13.5. The van der Waals surface area contributed by atoms with E-state index in [9.17, 15) is 0 Å². The van der Waals surface area contributed by atoms with Crippen LogP contribution in [0.5, 0.6) is 0 Å². The van der Waals surface area contributed by atoms with Crippen molar-refractivity contribution in [2.75, 3.05) is 0 Å². The summed E-state index contributed by atoms with van der Waals surface area (Å²) in [5.74, 6) is 3.07. The van der Waals surface area contributed by atoms with Crippen LogP contribution in [0, 0.1) is 6.92 Å². The molecule has 5 heteroatoms. The molecule has 2 atom stereocenters. The van der Waals surface area contributed by atoms with Gasteiger partial charge in [0.25, 0.3) is 5.78 Å². The summed E-state index contributed by atoms with van der Waals surface area (Å²) in [4.78, 5) is 9.34. The van der Waals surface area contributed by atoms with Crippen molar-refractivity contribution in [3.8, 4) is 0 Å². The van der Waals surface area contributed by atoms with Gasteiger partial charge in [-0.2, -0.15) is 9.50 Å². The molecule has 116 valence electrons. The van der Waals surface area contributed by atoms with Crippen LogP contribution < -0.4 is 0 Å². The Labute approximate surface area is 139 Å². The highest BCUT2D eigenvalue weighted by Gasteiger charge is 2.45. The van der Waals surface area contributed by atoms with Gasteiger partial charge in [0.05, 0.1) is 5.69 Å². The lowest BCUT2D eigenvalue weighted by Gasteiger charge is -2.35. The third kappa shape index (κ3) is 2.02. The van der Waals surface area contributed by atoms with E-state index in [4.69, 9.17) is 10.1 Å². The van der Waals surface area contributed by atoms with E-state index < -0.39 is 0 Å². The molecule has 0 N–H and O–H groups in total. The van der Waals surface area contributed by atoms with Crippen molar-refractivity contribution >= 4 is 17.5 Å². The summed E-state index contributed by atoms with van der Waals surface area (Å²) in [6, 6.07) is 10.5. The van der Waals surface area contributed by atoms with Crippen LogP contribution in [0.4, 0.5) is 0 Å². The second kappa shape index (κ2) is 5.06. The Balaban J connectivity index is 1.50. The van der Waals surface area contributed by atoms with Crippen LogP contribution in [0.15, 0.2) is 35.5 Å². The largest absolute Gasteiger partial charge is 0.253 e. The summed E-state index contributed by atoms with van der Waals surface area (Å²) in [6.45, 7) is 2.12. The number of thioether (sulfide) groups is 1. The third-order valence-corrected chi connectivity index (χ3v) is 6.09. The number of benzene rings is 1. The van der Waals surface area contributed by atoms with Crippen molar-refractivity contribution < 1.29 is 0 Å². The molecule has 0 radical (unpaired) electrons. The molecule has 2 aromatic heterocycles. The van der Waals surface area contributed by atoms with Gasteiger partial charge in [0.15, 0.2) is 0 Å². The van der Waals surface area contributed by atoms with E-state index in [1.54, 1.807) is 11.8 Å². The Morgan fingerprint density at radius 1 is 1.13 bits per heavy atom. The molecule has 2 aliphatic rings. The summed E-state index contributed by atoms with van der Waals surface area (Å²) < 4.78 is 2.02. The van der Waals surface area contributed by atoms with E-state index >= 15 is 0 Å². The van der Waals surface area contributed by atoms with Crippen LogP contribution in [-0.4, -0.2) is 19.6 Å². The van der Waals surface area contributed by atoms with Gasteiger partial charge in [-0.05, 0) is 36.8 Å². The minimum Gasteiger partial charge on any atom is -0.216 e. The van der Waals surface area contributed by atoms with Crippen molar-refractivity contribution in [1.82, 2.24) is 19.6 Å². The van der Waals surface area contributed by atoms with Gasteiger partial charge in [-0.1, -0.05) is 48.5 Å². The Hall–Kier alpha value is -1.88. The first-order valence-electron chi connectivity index (χ1n) is 8.25. The maximum Gasteiger partial charge on any atom is 0.253 e. The molecule has 2 heterocycles. The van der Waals surface area contributed by atoms with E-state index in [2.05, 4.69) is 36.2 Å². The van der Waals surface area contributed by atoms with Crippen LogP contribution in [0.2, 0.25) is 0 Å². The van der Waals surface area contributed by atoms with Gasteiger partial charge in [0.1, 0.15) is 0 Å². The van der Waals surface area contributed by atoms with Crippen molar-refractivity contribution in [3.63, 3.8) is 0 Å². The first-order valence-corrected chi connectivity index (χ1v) is 9.24. The number of hydrogen-bond acceptors (Lipinski definition) is 4. The van der Waals surface area contributed by atoms with Gasteiger partial charge in [0, 0.05) is 17.4 Å². The number of fused-ring (bicyclic) bond motifs is 6.